The third kappa shape index (κ3) is 46.4. The lowest BCUT2D eigenvalue weighted by Gasteiger charge is -2.18. The van der Waals surface area contributed by atoms with Gasteiger partial charge in [-0.25, -0.2) is 0 Å². The van der Waals surface area contributed by atoms with Crippen LogP contribution in [0.3, 0.4) is 0 Å². The van der Waals surface area contributed by atoms with Gasteiger partial charge in [0.25, 0.3) is 0 Å². The highest BCUT2D eigenvalue weighted by molar-refractivity contribution is 5.71. The lowest BCUT2D eigenvalue weighted by Crippen LogP contribution is -2.30. The first kappa shape index (κ1) is 57.3. The van der Waals surface area contributed by atoms with Crippen LogP contribution in [-0.4, -0.2) is 37.2 Å². The van der Waals surface area contributed by atoms with Crippen molar-refractivity contribution in [1.82, 2.24) is 0 Å². The molecule has 0 aromatic rings. The molecule has 0 spiro atoms. The van der Waals surface area contributed by atoms with Crippen molar-refractivity contribution >= 4 is 17.9 Å². The van der Waals surface area contributed by atoms with Crippen LogP contribution < -0.4 is 0 Å². The number of hydrogen-bond acceptors (Lipinski definition) is 6. The average Bonchev–Trinajstić information content (AvgIpc) is 3.27. The predicted molar refractivity (Wildman–Crippen MR) is 265 cm³/mol. The van der Waals surface area contributed by atoms with E-state index in [1.54, 1.807) is 0 Å². The Balaban J connectivity index is 4.60. The van der Waals surface area contributed by atoms with Gasteiger partial charge in [0.15, 0.2) is 6.10 Å². The van der Waals surface area contributed by atoms with E-state index in [0.29, 0.717) is 12.8 Å². The van der Waals surface area contributed by atoms with E-state index in [9.17, 15) is 14.4 Å². The second-order valence-corrected chi connectivity index (χ2v) is 15.1. The number of carbonyl (C=O) groups excluding carboxylic acids is 3. The minimum Gasteiger partial charge on any atom is -0.462 e. The molecule has 0 aliphatic rings. The number of rotatable bonds is 40. The van der Waals surface area contributed by atoms with Crippen LogP contribution in [0.5, 0.6) is 0 Å². The second-order valence-electron chi connectivity index (χ2n) is 15.1. The molecule has 1 atom stereocenters. The molecule has 62 heavy (non-hydrogen) atoms. The molecular weight excluding hydrogens is 769 g/mol. The van der Waals surface area contributed by atoms with E-state index >= 15 is 0 Å². The van der Waals surface area contributed by atoms with Crippen molar-refractivity contribution in [2.45, 2.75) is 175 Å². The Kier molecular flexibility index (Phi) is 45.2. The minimum atomic E-state index is -0.832. The summed E-state index contributed by atoms with van der Waals surface area (Å²) in [6.45, 7) is 6.11. The van der Waals surface area contributed by atoms with Crippen LogP contribution in [-0.2, 0) is 28.6 Å². The Morgan fingerprint density at radius 3 is 1.18 bits per heavy atom. The number of carbonyl (C=O) groups is 3. The molecule has 0 aliphatic heterocycles. The molecule has 0 N–H and O–H groups in total. The lowest BCUT2D eigenvalue weighted by molar-refractivity contribution is -0.167. The largest absolute Gasteiger partial charge is 0.462 e. The Morgan fingerprint density at radius 2 is 0.677 bits per heavy atom. The predicted octanol–water partition coefficient (Wildman–Crippen LogP) is 15.7. The quantitative estimate of drug-likeness (QED) is 0.0201. The van der Waals surface area contributed by atoms with Crippen LogP contribution in [0.25, 0.3) is 0 Å². The molecule has 0 saturated carbocycles. The topological polar surface area (TPSA) is 78.9 Å². The molecule has 1 unspecified atom stereocenters. The SMILES string of the molecule is CC\C=C/C=C\C=C/C=C\C=C/CCCC(=O)OCC(COC(=O)CCCCC/C=C\C/C=C\C/C=C\C/C=C\CC)OC(=O)CCCCCCCCC\C=C/C=C\C=C/CC. The highest BCUT2D eigenvalue weighted by atomic mass is 16.6. The number of unbranched alkanes of at least 4 members (excludes halogenated alkanes) is 11. The van der Waals surface area contributed by atoms with Crippen LogP contribution in [0.2, 0.25) is 0 Å². The molecule has 344 valence electrons. The highest BCUT2D eigenvalue weighted by Crippen LogP contribution is 2.12. The summed E-state index contributed by atoms with van der Waals surface area (Å²) in [5, 5.41) is 0. The molecule has 6 heteroatoms. The third-order valence-electron chi connectivity index (χ3n) is 9.26. The molecule has 0 heterocycles. The maximum atomic E-state index is 12.8. The Morgan fingerprint density at radius 1 is 0.339 bits per heavy atom. The van der Waals surface area contributed by atoms with Crippen LogP contribution in [0.4, 0.5) is 0 Å². The third-order valence-corrected chi connectivity index (χ3v) is 9.26. The normalized spacial score (nSPS) is 13.4. The second kappa shape index (κ2) is 49.0. The van der Waals surface area contributed by atoms with Crippen LogP contribution in [0, 0.1) is 0 Å². The van der Waals surface area contributed by atoms with E-state index in [-0.39, 0.29) is 44.0 Å². The zero-order valence-electron chi connectivity index (χ0n) is 39.1. The first-order chi connectivity index (χ1) is 30.5. The summed E-state index contributed by atoms with van der Waals surface area (Å²) in [6.07, 6.45) is 69.8. The number of ether oxygens (including phenoxy) is 3. The first-order valence-corrected chi connectivity index (χ1v) is 23.9. The van der Waals surface area contributed by atoms with Crippen molar-refractivity contribution in [1.29, 1.82) is 0 Å². The van der Waals surface area contributed by atoms with E-state index in [2.05, 4.69) is 112 Å². The van der Waals surface area contributed by atoms with Crippen molar-refractivity contribution in [3.8, 4) is 0 Å². The minimum absolute atomic E-state index is 0.129. The van der Waals surface area contributed by atoms with Gasteiger partial charge in [-0.2, -0.15) is 0 Å². The zero-order chi connectivity index (χ0) is 45.1. The van der Waals surface area contributed by atoms with E-state index in [1.807, 2.05) is 54.7 Å². The number of allylic oxidation sites excluding steroid dienone is 24. The van der Waals surface area contributed by atoms with Crippen molar-refractivity contribution in [2.75, 3.05) is 13.2 Å². The fraction of sp³-hybridized carbons (Fsp3) is 0.518. The van der Waals surface area contributed by atoms with Crippen molar-refractivity contribution in [3.63, 3.8) is 0 Å². The summed E-state index contributed by atoms with van der Waals surface area (Å²) in [5.41, 5.74) is 0. The van der Waals surface area contributed by atoms with Gasteiger partial charge in [-0.1, -0.05) is 205 Å². The molecular formula is C56H84O6. The Bertz CT molecular complexity index is 1440. The average molecular weight is 853 g/mol. The fourth-order valence-electron chi connectivity index (χ4n) is 5.75. The number of esters is 3. The summed E-state index contributed by atoms with van der Waals surface area (Å²) in [4.78, 5) is 37.9. The van der Waals surface area contributed by atoms with Crippen LogP contribution >= 0.6 is 0 Å². The van der Waals surface area contributed by atoms with Crippen LogP contribution in [0.1, 0.15) is 168 Å². The number of hydrogen-bond donors (Lipinski definition) is 0. The van der Waals surface area contributed by atoms with Gasteiger partial charge in [0.2, 0.25) is 0 Å². The summed E-state index contributed by atoms with van der Waals surface area (Å²) >= 11 is 0. The summed E-state index contributed by atoms with van der Waals surface area (Å²) in [5.74, 6) is -1.06. The lowest BCUT2D eigenvalue weighted by atomic mass is 10.1. The summed E-state index contributed by atoms with van der Waals surface area (Å²) in [6, 6.07) is 0. The molecule has 0 aliphatic carbocycles. The summed E-state index contributed by atoms with van der Waals surface area (Å²) < 4.78 is 16.6. The standard InChI is InChI=1S/C56H84O6/c1-4-7-10-13-16-19-22-25-27-29-31-34-37-40-43-46-49-55(58)61-52-53(51-60-54(57)48-45-42-39-36-33-30-24-21-18-15-12-9-6-3)62-56(59)50-47-44-41-38-35-32-28-26-23-20-17-14-11-8-5-2/h7-12,14-21,23-25,27,30-31,33-34,36,39,53H,4-6,13,22,26,28-29,32,35,37-38,40-52H2,1-3H3/b10-7-,11-8-,12-9-,17-14-,18-15-,19-16-,23-20-,24-21-,27-25-,33-30-,34-31-,39-36-. The Hall–Kier alpha value is -4.71. The van der Waals surface area contributed by atoms with Gasteiger partial charge in [0, 0.05) is 19.3 Å². The molecule has 0 bridgehead atoms. The van der Waals surface area contributed by atoms with E-state index < -0.39 is 6.10 Å². The van der Waals surface area contributed by atoms with Crippen molar-refractivity contribution in [2.24, 2.45) is 0 Å². The van der Waals surface area contributed by atoms with E-state index in [4.69, 9.17) is 14.2 Å². The highest BCUT2D eigenvalue weighted by Gasteiger charge is 2.19. The van der Waals surface area contributed by atoms with E-state index in [1.165, 1.54) is 19.3 Å². The smallest absolute Gasteiger partial charge is 0.306 e. The molecule has 0 amide bonds. The van der Waals surface area contributed by atoms with Gasteiger partial charge in [0.05, 0.1) is 0 Å². The van der Waals surface area contributed by atoms with Gasteiger partial charge in [-0.3, -0.25) is 14.4 Å². The molecule has 0 saturated heterocycles. The van der Waals surface area contributed by atoms with Gasteiger partial charge in [-0.15, -0.1) is 0 Å². The summed E-state index contributed by atoms with van der Waals surface area (Å²) in [7, 11) is 0. The van der Waals surface area contributed by atoms with Crippen LogP contribution in [0.15, 0.2) is 146 Å². The molecule has 0 aromatic carbocycles. The van der Waals surface area contributed by atoms with Crippen molar-refractivity contribution in [3.05, 3.63) is 146 Å². The monoisotopic (exact) mass is 853 g/mol. The van der Waals surface area contributed by atoms with Crippen molar-refractivity contribution < 1.29 is 28.6 Å². The van der Waals surface area contributed by atoms with Gasteiger partial charge in [0.1, 0.15) is 13.2 Å². The van der Waals surface area contributed by atoms with Gasteiger partial charge in [-0.05, 0) is 89.9 Å². The first-order valence-electron chi connectivity index (χ1n) is 23.9. The molecule has 0 aromatic heterocycles. The maximum Gasteiger partial charge on any atom is 0.306 e. The Labute approximate surface area is 378 Å². The fourth-order valence-corrected chi connectivity index (χ4v) is 5.75. The van der Waals surface area contributed by atoms with E-state index in [0.717, 1.165) is 103 Å². The van der Waals surface area contributed by atoms with Gasteiger partial charge < -0.3 is 14.2 Å². The van der Waals surface area contributed by atoms with Gasteiger partial charge >= 0.3 is 17.9 Å². The zero-order valence-corrected chi connectivity index (χ0v) is 39.1. The molecule has 0 radical (unpaired) electrons. The maximum absolute atomic E-state index is 12.8. The molecule has 6 nitrogen and oxygen atoms in total. The molecule has 0 fully saturated rings. The molecule has 0 rings (SSSR count).